The maximum absolute atomic E-state index is 10.6. The van der Waals surface area contributed by atoms with Crippen LogP contribution >= 0.6 is 0 Å². The number of fused-ring (bicyclic) bond motifs is 1. The molecule has 0 bridgehead atoms. The predicted molar refractivity (Wildman–Crippen MR) is 55.1 cm³/mol. The van der Waals surface area contributed by atoms with Gasteiger partial charge in [-0.1, -0.05) is 18.2 Å². The van der Waals surface area contributed by atoms with Crippen molar-refractivity contribution in [3.05, 3.63) is 41.0 Å². The molecule has 1 N–H and O–H groups in total. The molecule has 72 valence electrons. The zero-order chi connectivity index (χ0) is 10.1. The largest absolute Gasteiger partial charge is 0.478 e. The third-order valence-electron chi connectivity index (χ3n) is 2.70. The zero-order valence-electron chi connectivity index (χ0n) is 8.08. The van der Waals surface area contributed by atoms with Crippen LogP contribution in [0.15, 0.2) is 24.3 Å². The molecule has 1 aromatic carbocycles. The summed E-state index contributed by atoms with van der Waals surface area (Å²) in [7, 11) is 0. The Kier molecular flexibility index (Phi) is 2.12. The van der Waals surface area contributed by atoms with E-state index in [2.05, 4.69) is 13.0 Å². The average Bonchev–Trinajstić information content (AvgIpc) is 2.49. The number of rotatable bonds is 1. The highest BCUT2D eigenvalue weighted by Gasteiger charge is 2.17. The van der Waals surface area contributed by atoms with Gasteiger partial charge in [-0.25, -0.2) is 4.79 Å². The van der Waals surface area contributed by atoms with Crippen LogP contribution in [0.5, 0.6) is 0 Å². The highest BCUT2D eigenvalue weighted by atomic mass is 16.4. The molecule has 0 aliphatic heterocycles. The summed E-state index contributed by atoms with van der Waals surface area (Å²) in [4.78, 5) is 10.6. The third-order valence-corrected chi connectivity index (χ3v) is 2.70. The molecular weight excluding hydrogens is 176 g/mol. The van der Waals surface area contributed by atoms with E-state index in [-0.39, 0.29) is 0 Å². The van der Waals surface area contributed by atoms with Gasteiger partial charge in [0.1, 0.15) is 0 Å². The molecule has 14 heavy (non-hydrogen) atoms. The van der Waals surface area contributed by atoms with E-state index in [1.165, 1.54) is 17.2 Å². The minimum atomic E-state index is -0.852. The zero-order valence-corrected chi connectivity index (χ0v) is 8.08. The lowest BCUT2D eigenvalue weighted by molar-refractivity contribution is -0.131. The van der Waals surface area contributed by atoms with E-state index in [0.29, 0.717) is 0 Å². The first-order valence-corrected chi connectivity index (χ1v) is 4.71. The first-order valence-electron chi connectivity index (χ1n) is 4.71. The second-order valence-corrected chi connectivity index (χ2v) is 3.61. The molecule has 0 radical (unpaired) electrons. The Morgan fingerprint density at radius 3 is 2.93 bits per heavy atom. The van der Waals surface area contributed by atoms with Gasteiger partial charge in [-0.2, -0.15) is 0 Å². The van der Waals surface area contributed by atoms with Crippen molar-refractivity contribution in [1.29, 1.82) is 0 Å². The fraction of sp³-hybridized carbons (Fsp3) is 0.250. The summed E-state index contributed by atoms with van der Waals surface area (Å²) in [6.45, 7) is 2.07. The number of carbonyl (C=O) groups is 1. The molecule has 0 aromatic heterocycles. The molecule has 2 heteroatoms. The van der Waals surface area contributed by atoms with E-state index < -0.39 is 5.97 Å². The second kappa shape index (κ2) is 3.29. The monoisotopic (exact) mass is 188 g/mol. The van der Waals surface area contributed by atoms with Crippen molar-refractivity contribution in [2.24, 2.45) is 0 Å². The van der Waals surface area contributed by atoms with Crippen LogP contribution in [0, 0.1) is 6.92 Å². The van der Waals surface area contributed by atoms with Crippen LogP contribution in [0.1, 0.15) is 23.1 Å². The number of hydrogen-bond donors (Lipinski definition) is 1. The summed E-state index contributed by atoms with van der Waals surface area (Å²) >= 11 is 0. The van der Waals surface area contributed by atoms with Crippen LogP contribution in [-0.2, 0) is 11.2 Å². The van der Waals surface area contributed by atoms with Gasteiger partial charge in [0.15, 0.2) is 0 Å². The lowest BCUT2D eigenvalue weighted by Gasteiger charge is -2.02. The van der Waals surface area contributed by atoms with Crippen LogP contribution in [-0.4, -0.2) is 11.1 Å². The molecule has 2 rings (SSSR count). The SMILES string of the molecule is Cc1cccc2c1CCC2=CC(=O)O. The van der Waals surface area contributed by atoms with Gasteiger partial charge in [0.05, 0.1) is 0 Å². The smallest absolute Gasteiger partial charge is 0.328 e. The molecule has 2 nitrogen and oxygen atoms in total. The normalized spacial score (nSPS) is 17.1. The Morgan fingerprint density at radius 1 is 1.43 bits per heavy atom. The third kappa shape index (κ3) is 1.43. The fourth-order valence-electron chi connectivity index (χ4n) is 2.03. The molecule has 0 spiro atoms. The molecule has 0 heterocycles. The van der Waals surface area contributed by atoms with Crippen molar-refractivity contribution in [1.82, 2.24) is 0 Å². The van der Waals surface area contributed by atoms with Crippen LogP contribution in [0.3, 0.4) is 0 Å². The number of aryl methyl sites for hydroxylation is 1. The number of hydrogen-bond acceptors (Lipinski definition) is 1. The lowest BCUT2D eigenvalue weighted by Crippen LogP contribution is -1.90. The molecule has 0 unspecified atom stereocenters. The predicted octanol–water partition coefficient (Wildman–Crippen LogP) is 2.41. The molecule has 0 atom stereocenters. The van der Waals surface area contributed by atoms with Crippen molar-refractivity contribution in [2.75, 3.05) is 0 Å². The summed E-state index contributed by atoms with van der Waals surface area (Å²) in [5, 5.41) is 8.69. The lowest BCUT2D eigenvalue weighted by atomic mass is 10.0. The highest BCUT2D eigenvalue weighted by Crippen LogP contribution is 2.33. The van der Waals surface area contributed by atoms with Gasteiger partial charge in [-0.05, 0) is 42.0 Å². The van der Waals surface area contributed by atoms with Crippen molar-refractivity contribution in [3.63, 3.8) is 0 Å². The van der Waals surface area contributed by atoms with Gasteiger partial charge in [0.2, 0.25) is 0 Å². The van der Waals surface area contributed by atoms with E-state index in [9.17, 15) is 4.79 Å². The van der Waals surface area contributed by atoms with Crippen LogP contribution in [0.25, 0.3) is 5.57 Å². The number of carboxylic acids is 1. The standard InChI is InChI=1S/C12H12O2/c1-8-3-2-4-11-9(7-12(13)14)5-6-10(8)11/h2-4,7H,5-6H2,1H3,(H,13,14). The van der Waals surface area contributed by atoms with Gasteiger partial charge in [0, 0.05) is 6.08 Å². The molecule has 0 saturated carbocycles. The van der Waals surface area contributed by atoms with Crippen molar-refractivity contribution in [2.45, 2.75) is 19.8 Å². The quantitative estimate of drug-likeness (QED) is 0.687. The minimum Gasteiger partial charge on any atom is -0.478 e. The van der Waals surface area contributed by atoms with Gasteiger partial charge >= 0.3 is 5.97 Å². The Morgan fingerprint density at radius 2 is 2.21 bits per heavy atom. The van der Waals surface area contributed by atoms with E-state index >= 15 is 0 Å². The van der Waals surface area contributed by atoms with Crippen LogP contribution in [0.4, 0.5) is 0 Å². The molecule has 0 fully saturated rings. The van der Waals surface area contributed by atoms with Gasteiger partial charge in [-0.15, -0.1) is 0 Å². The highest BCUT2D eigenvalue weighted by molar-refractivity contribution is 5.91. The maximum atomic E-state index is 10.6. The first-order chi connectivity index (χ1) is 6.68. The van der Waals surface area contributed by atoms with E-state index in [1.807, 2.05) is 12.1 Å². The first kappa shape index (κ1) is 9.00. The maximum Gasteiger partial charge on any atom is 0.328 e. The summed E-state index contributed by atoms with van der Waals surface area (Å²) < 4.78 is 0. The van der Waals surface area contributed by atoms with Crippen LogP contribution in [0.2, 0.25) is 0 Å². The molecule has 0 amide bonds. The summed E-state index contributed by atoms with van der Waals surface area (Å²) in [5.41, 5.74) is 4.64. The number of allylic oxidation sites excluding steroid dienone is 1. The Balaban J connectivity index is 2.50. The van der Waals surface area contributed by atoms with E-state index in [4.69, 9.17) is 5.11 Å². The van der Waals surface area contributed by atoms with Gasteiger partial charge < -0.3 is 5.11 Å². The Bertz CT molecular complexity index is 416. The van der Waals surface area contributed by atoms with Crippen molar-refractivity contribution < 1.29 is 9.90 Å². The number of benzene rings is 1. The van der Waals surface area contributed by atoms with Gasteiger partial charge in [0.25, 0.3) is 0 Å². The molecule has 0 saturated heterocycles. The minimum absolute atomic E-state index is 0.852. The number of aliphatic carboxylic acids is 1. The summed E-state index contributed by atoms with van der Waals surface area (Å²) in [6, 6.07) is 6.06. The molecule has 1 aromatic rings. The molecule has 1 aliphatic rings. The molecular formula is C12H12O2. The Hall–Kier alpha value is -1.57. The topological polar surface area (TPSA) is 37.3 Å². The van der Waals surface area contributed by atoms with Crippen LogP contribution < -0.4 is 0 Å². The van der Waals surface area contributed by atoms with E-state index in [1.54, 1.807) is 0 Å². The van der Waals surface area contributed by atoms with Gasteiger partial charge in [-0.3, -0.25) is 0 Å². The second-order valence-electron chi connectivity index (χ2n) is 3.61. The van der Waals surface area contributed by atoms with Crippen molar-refractivity contribution in [3.8, 4) is 0 Å². The molecule has 1 aliphatic carbocycles. The average molecular weight is 188 g/mol. The van der Waals surface area contributed by atoms with E-state index in [0.717, 1.165) is 24.0 Å². The summed E-state index contributed by atoms with van der Waals surface area (Å²) in [6.07, 6.45) is 3.15. The fourth-order valence-corrected chi connectivity index (χ4v) is 2.03. The van der Waals surface area contributed by atoms with Crippen molar-refractivity contribution >= 4 is 11.5 Å². The summed E-state index contributed by atoms with van der Waals surface area (Å²) in [5.74, 6) is -0.852. The number of carboxylic acid groups (broad SMARTS) is 1. The Labute approximate surface area is 82.9 Å².